The number of likely N-dealkylation sites (tertiary alicyclic amines) is 2. The minimum Gasteiger partial charge on any atom is -0.392 e. The van der Waals surface area contributed by atoms with Gasteiger partial charge < -0.3 is 14.7 Å². The minimum absolute atomic E-state index is 0.143. The quantitative estimate of drug-likeness (QED) is 0.868. The molecule has 2 atom stereocenters. The number of piperidine rings is 1. The summed E-state index contributed by atoms with van der Waals surface area (Å²) in [6, 6.07) is 0. The predicted octanol–water partition coefficient (Wildman–Crippen LogP) is 1.84. The molecule has 0 aromatic carbocycles. The van der Waals surface area contributed by atoms with Crippen LogP contribution in [-0.4, -0.2) is 77.3 Å². The highest BCUT2D eigenvalue weighted by molar-refractivity contribution is 7.13. The van der Waals surface area contributed by atoms with E-state index in [2.05, 4.69) is 9.88 Å². The Labute approximate surface area is 159 Å². The van der Waals surface area contributed by atoms with Crippen molar-refractivity contribution >= 4 is 17.2 Å². The number of β-amino-alcohol motifs (C(OH)–C–C–N with tert-alkyl or cyclic N) is 1. The van der Waals surface area contributed by atoms with Crippen LogP contribution in [0.1, 0.15) is 46.1 Å². The summed E-state index contributed by atoms with van der Waals surface area (Å²) in [5.41, 5.74) is 1.09. The van der Waals surface area contributed by atoms with E-state index in [1.807, 2.05) is 18.7 Å². The van der Waals surface area contributed by atoms with Crippen molar-refractivity contribution in [2.75, 3.05) is 39.3 Å². The van der Waals surface area contributed by atoms with Gasteiger partial charge in [-0.15, -0.1) is 11.3 Å². The second-order valence-corrected chi connectivity index (χ2v) is 9.48. The topological polar surface area (TPSA) is 65.9 Å². The van der Waals surface area contributed by atoms with Gasteiger partial charge in [-0.25, -0.2) is 4.98 Å². The van der Waals surface area contributed by atoms with Gasteiger partial charge in [0, 0.05) is 32.7 Å². The molecule has 1 spiro atoms. The van der Waals surface area contributed by atoms with E-state index in [0.29, 0.717) is 0 Å². The molecular formula is C19H29N3O3S. The molecule has 3 fully saturated rings. The maximum Gasteiger partial charge on any atom is 0.265 e. The number of hydrogen-bond acceptors (Lipinski definition) is 6. The third-order valence-electron chi connectivity index (χ3n) is 6.20. The Balaban J connectivity index is 1.31. The van der Waals surface area contributed by atoms with Crippen LogP contribution in [0, 0.1) is 19.3 Å². The second-order valence-electron chi connectivity index (χ2n) is 8.28. The molecule has 3 saturated heterocycles. The monoisotopic (exact) mass is 379 g/mol. The zero-order chi connectivity index (χ0) is 18.3. The van der Waals surface area contributed by atoms with Crippen LogP contribution >= 0.6 is 11.3 Å². The van der Waals surface area contributed by atoms with Crippen LogP contribution in [0.4, 0.5) is 0 Å². The number of nitrogens with zero attached hydrogens (tertiary/aromatic N) is 3. The molecule has 0 aliphatic carbocycles. The van der Waals surface area contributed by atoms with Crippen molar-refractivity contribution in [1.82, 2.24) is 14.8 Å². The van der Waals surface area contributed by atoms with Crippen molar-refractivity contribution in [3.63, 3.8) is 0 Å². The molecule has 0 radical (unpaired) electrons. The fraction of sp³-hybridized carbons (Fsp3) is 0.789. The van der Waals surface area contributed by atoms with E-state index >= 15 is 0 Å². The highest BCUT2D eigenvalue weighted by Gasteiger charge is 2.44. The zero-order valence-corrected chi connectivity index (χ0v) is 16.6. The predicted molar refractivity (Wildman–Crippen MR) is 101 cm³/mol. The van der Waals surface area contributed by atoms with E-state index in [9.17, 15) is 9.90 Å². The van der Waals surface area contributed by atoms with Crippen LogP contribution in [0.15, 0.2) is 0 Å². The van der Waals surface area contributed by atoms with Crippen LogP contribution in [0.5, 0.6) is 0 Å². The van der Waals surface area contributed by atoms with E-state index in [-0.39, 0.29) is 23.5 Å². The van der Waals surface area contributed by atoms with Gasteiger partial charge in [0.15, 0.2) is 0 Å². The molecule has 144 valence electrons. The highest BCUT2D eigenvalue weighted by Crippen LogP contribution is 2.42. The number of aromatic nitrogens is 1. The Morgan fingerprint density at radius 2 is 2.12 bits per heavy atom. The molecule has 1 N–H and O–H groups in total. The number of aliphatic hydroxyl groups is 1. The van der Waals surface area contributed by atoms with E-state index < -0.39 is 0 Å². The van der Waals surface area contributed by atoms with Gasteiger partial charge in [-0.3, -0.25) is 9.69 Å². The van der Waals surface area contributed by atoms with Gasteiger partial charge in [-0.2, -0.15) is 0 Å². The summed E-state index contributed by atoms with van der Waals surface area (Å²) >= 11 is 1.51. The first kappa shape index (κ1) is 18.3. The molecule has 1 aromatic rings. The van der Waals surface area contributed by atoms with Gasteiger partial charge in [0.2, 0.25) is 0 Å². The first-order valence-electron chi connectivity index (χ1n) is 9.69. The maximum absolute atomic E-state index is 12.8. The Bertz CT molecular complexity index is 669. The van der Waals surface area contributed by atoms with Crippen LogP contribution < -0.4 is 0 Å². The first-order chi connectivity index (χ1) is 12.4. The number of aryl methyl sites for hydroxylation is 2. The number of rotatable bonds is 3. The lowest BCUT2D eigenvalue weighted by Gasteiger charge is -2.38. The maximum atomic E-state index is 12.8. The molecule has 0 saturated carbocycles. The van der Waals surface area contributed by atoms with Crippen LogP contribution in [0.2, 0.25) is 0 Å². The van der Waals surface area contributed by atoms with Crippen molar-refractivity contribution in [3.05, 3.63) is 15.6 Å². The van der Waals surface area contributed by atoms with Gasteiger partial charge in [0.1, 0.15) is 4.88 Å². The number of ether oxygens (including phenoxy) is 1. The molecule has 26 heavy (non-hydrogen) atoms. The number of carbonyl (C=O) groups is 1. The summed E-state index contributed by atoms with van der Waals surface area (Å²) in [6.45, 7) is 9.01. The zero-order valence-electron chi connectivity index (χ0n) is 15.7. The number of thiazole rings is 1. The van der Waals surface area contributed by atoms with Gasteiger partial charge in [-0.1, -0.05) is 0 Å². The van der Waals surface area contributed by atoms with Crippen molar-refractivity contribution in [2.24, 2.45) is 5.41 Å². The molecule has 0 bridgehead atoms. The lowest BCUT2D eigenvalue weighted by atomic mass is 9.76. The van der Waals surface area contributed by atoms with E-state index in [4.69, 9.17) is 4.74 Å². The molecule has 4 rings (SSSR count). The molecule has 3 aliphatic rings. The van der Waals surface area contributed by atoms with Crippen molar-refractivity contribution in [3.8, 4) is 0 Å². The summed E-state index contributed by atoms with van der Waals surface area (Å²) in [4.78, 5) is 22.3. The SMILES string of the molecule is Cc1nc(C)c(C(=O)N2CCC3(CC2)CO[C@H](CN2CC[C@H](O)C2)C3)s1. The smallest absolute Gasteiger partial charge is 0.265 e. The number of hydrogen-bond donors (Lipinski definition) is 1. The van der Waals surface area contributed by atoms with Gasteiger partial charge in [-0.05, 0) is 44.9 Å². The Hall–Kier alpha value is -1.02. The third-order valence-corrected chi connectivity index (χ3v) is 7.27. The molecular weight excluding hydrogens is 350 g/mol. The lowest BCUT2D eigenvalue weighted by Crippen LogP contribution is -2.43. The fourth-order valence-corrected chi connectivity index (χ4v) is 5.57. The lowest BCUT2D eigenvalue weighted by molar-refractivity contribution is 0.0453. The Morgan fingerprint density at radius 3 is 2.73 bits per heavy atom. The molecule has 4 heterocycles. The molecule has 7 heteroatoms. The minimum atomic E-state index is -0.168. The normalized spacial score (nSPS) is 29.0. The average molecular weight is 380 g/mol. The summed E-state index contributed by atoms with van der Waals surface area (Å²) in [6.07, 6.45) is 4.11. The van der Waals surface area contributed by atoms with Crippen LogP contribution in [0.25, 0.3) is 0 Å². The summed E-state index contributed by atoms with van der Waals surface area (Å²) < 4.78 is 6.11. The molecule has 0 unspecified atom stereocenters. The first-order valence-corrected chi connectivity index (χ1v) is 10.5. The highest BCUT2D eigenvalue weighted by atomic mass is 32.1. The summed E-state index contributed by atoms with van der Waals surface area (Å²) in [5, 5.41) is 10.6. The van der Waals surface area contributed by atoms with Crippen LogP contribution in [0.3, 0.4) is 0 Å². The fourth-order valence-electron chi connectivity index (χ4n) is 4.68. The summed E-state index contributed by atoms with van der Waals surface area (Å²) in [7, 11) is 0. The van der Waals surface area contributed by atoms with Gasteiger partial charge in [0.05, 0.1) is 29.5 Å². The average Bonchev–Trinajstić information content (AvgIpc) is 3.28. The summed E-state index contributed by atoms with van der Waals surface area (Å²) in [5.74, 6) is 0.143. The van der Waals surface area contributed by atoms with Crippen molar-refractivity contribution < 1.29 is 14.6 Å². The van der Waals surface area contributed by atoms with Crippen LogP contribution in [-0.2, 0) is 4.74 Å². The Kier molecular flexibility index (Phi) is 5.07. The molecule has 1 aromatic heterocycles. The standard InChI is InChI=1S/C19H29N3O3S/c1-13-17(26-14(2)20-13)18(24)22-7-4-19(5-8-22)9-16(25-12-19)11-21-6-3-15(23)10-21/h15-16,23H,3-12H2,1-2H3/t15-,16-/m0/s1. The van der Waals surface area contributed by atoms with Gasteiger partial charge in [0.25, 0.3) is 5.91 Å². The van der Waals surface area contributed by atoms with Gasteiger partial charge >= 0.3 is 0 Å². The van der Waals surface area contributed by atoms with E-state index in [1.165, 1.54) is 11.3 Å². The molecule has 1 amide bonds. The van der Waals surface area contributed by atoms with Crippen molar-refractivity contribution in [2.45, 2.75) is 51.7 Å². The largest absolute Gasteiger partial charge is 0.392 e. The van der Waals surface area contributed by atoms with Crippen molar-refractivity contribution in [1.29, 1.82) is 0 Å². The van der Waals surface area contributed by atoms with E-state index in [0.717, 1.165) is 80.6 Å². The number of carbonyl (C=O) groups excluding carboxylic acids is 1. The second kappa shape index (κ2) is 7.19. The number of amides is 1. The third kappa shape index (κ3) is 3.67. The van der Waals surface area contributed by atoms with E-state index in [1.54, 1.807) is 0 Å². The molecule has 6 nitrogen and oxygen atoms in total. The number of aliphatic hydroxyl groups excluding tert-OH is 1. The molecule has 3 aliphatic heterocycles. The Morgan fingerprint density at radius 1 is 1.35 bits per heavy atom.